The summed E-state index contributed by atoms with van der Waals surface area (Å²) in [5.41, 5.74) is 1.47. The maximum Gasteiger partial charge on any atom is 0.163 e. The van der Waals surface area contributed by atoms with E-state index in [4.69, 9.17) is 9.47 Å². The summed E-state index contributed by atoms with van der Waals surface area (Å²) in [6.45, 7) is 0. The van der Waals surface area contributed by atoms with Gasteiger partial charge >= 0.3 is 0 Å². The highest BCUT2D eigenvalue weighted by Gasteiger charge is 2.05. The fraction of sp³-hybridized carbons (Fsp3) is 0.0769. The van der Waals surface area contributed by atoms with Crippen LogP contribution in [0.15, 0.2) is 84.9 Å². The van der Waals surface area contributed by atoms with Crippen molar-refractivity contribution in [3.05, 3.63) is 96.1 Å². The quantitative estimate of drug-likeness (QED) is 0.372. The van der Waals surface area contributed by atoms with Crippen LogP contribution in [0, 0.1) is 0 Å². The predicted molar refractivity (Wildman–Crippen MR) is 120 cm³/mol. The van der Waals surface area contributed by atoms with Gasteiger partial charge in [-0.25, -0.2) is 0 Å². The van der Waals surface area contributed by atoms with Gasteiger partial charge in [-0.1, -0.05) is 48.6 Å². The lowest BCUT2D eigenvalue weighted by Gasteiger charge is -2.05. The van der Waals surface area contributed by atoms with Crippen LogP contribution in [0.1, 0.15) is 17.5 Å². The number of para-hydroxylation sites is 1. The maximum atomic E-state index is 12.1. The molecule has 156 valence electrons. The molecule has 0 spiro atoms. The first kappa shape index (κ1) is 21.6. The van der Waals surface area contributed by atoms with E-state index in [1.165, 1.54) is 25.3 Å². The standard InChI is InChI=1S/C26H22O5/c1-30-26-17-20(12-15-25(26)29)11-14-22(28)18-21(27)13-10-19-6-5-9-24(16-19)31-23-7-3-2-4-8-23/h2-17,29H,18H2,1H3/b13-10+,14-11+. The summed E-state index contributed by atoms with van der Waals surface area (Å²) in [6.07, 6.45) is 5.72. The molecular weight excluding hydrogens is 392 g/mol. The highest BCUT2D eigenvalue weighted by atomic mass is 16.5. The lowest BCUT2D eigenvalue weighted by Crippen LogP contribution is -2.01. The molecule has 0 atom stereocenters. The molecule has 0 amide bonds. The van der Waals surface area contributed by atoms with E-state index in [-0.39, 0.29) is 23.7 Å². The fourth-order valence-corrected chi connectivity index (χ4v) is 2.77. The first-order valence-electron chi connectivity index (χ1n) is 9.65. The van der Waals surface area contributed by atoms with Crippen molar-refractivity contribution < 1.29 is 24.2 Å². The number of rotatable bonds is 9. The molecule has 1 N–H and O–H groups in total. The Labute approximate surface area is 180 Å². The van der Waals surface area contributed by atoms with Gasteiger partial charge in [0.25, 0.3) is 0 Å². The number of hydrogen-bond donors (Lipinski definition) is 1. The SMILES string of the molecule is COc1cc(/C=C/C(=O)CC(=O)/C=C/c2cccc(Oc3ccccc3)c2)ccc1O. The van der Waals surface area contributed by atoms with Gasteiger partial charge in [0.1, 0.15) is 11.5 Å². The lowest BCUT2D eigenvalue weighted by molar-refractivity contribution is -0.121. The summed E-state index contributed by atoms with van der Waals surface area (Å²) in [5.74, 6) is 1.10. The van der Waals surface area contributed by atoms with Crippen molar-refractivity contribution in [3.8, 4) is 23.0 Å². The molecule has 0 saturated carbocycles. The third-order valence-corrected chi connectivity index (χ3v) is 4.31. The molecule has 0 saturated heterocycles. The average molecular weight is 414 g/mol. The van der Waals surface area contributed by atoms with Crippen molar-refractivity contribution in [3.63, 3.8) is 0 Å². The Kier molecular flexibility index (Phi) is 7.38. The third kappa shape index (κ3) is 6.72. The molecule has 0 heterocycles. The van der Waals surface area contributed by atoms with Crippen molar-refractivity contribution in [2.24, 2.45) is 0 Å². The number of ether oxygens (including phenoxy) is 2. The molecule has 0 aromatic heterocycles. The van der Waals surface area contributed by atoms with Gasteiger partial charge in [0.15, 0.2) is 23.1 Å². The summed E-state index contributed by atoms with van der Waals surface area (Å²) < 4.78 is 10.8. The predicted octanol–water partition coefficient (Wildman–Crippen LogP) is 5.45. The molecule has 31 heavy (non-hydrogen) atoms. The Morgan fingerprint density at radius 3 is 2.13 bits per heavy atom. The number of phenols is 1. The van der Waals surface area contributed by atoms with Crippen molar-refractivity contribution >= 4 is 23.7 Å². The van der Waals surface area contributed by atoms with Gasteiger partial charge in [0, 0.05) is 0 Å². The van der Waals surface area contributed by atoms with Crippen LogP contribution in [-0.4, -0.2) is 23.8 Å². The van der Waals surface area contributed by atoms with Crippen molar-refractivity contribution in [1.29, 1.82) is 0 Å². The summed E-state index contributed by atoms with van der Waals surface area (Å²) >= 11 is 0. The lowest BCUT2D eigenvalue weighted by atomic mass is 10.1. The highest BCUT2D eigenvalue weighted by molar-refractivity contribution is 6.10. The number of ketones is 2. The van der Waals surface area contributed by atoms with E-state index < -0.39 is 0 Å². The first-order valence-corrected chi connectivity index (χ1v) is 9.65. The van der Waals surface area contributed by atoms with Gasteiger partial charge < -0.3 is 14.6 Å². The normalized spacial score (nSPS) is 11.0. The summed E-state index contributed by atoms with van der Waals surface area (Å²) in [6, 6.07) is 21.5. The molecule has 0 aliphatic heterocycles. The molecule has 5 nitrogen and oxygen atoms in total. The Morgan fingerprint density at radius 1 is 0.806 bits per heavy atom. The van der Waals surface area contributed by atoms with Crippen molar-refractivity contribution in [2.75, 3.05) is 7.11 Å². The van der Waals surface area contributed by atoms with E-state index in [1.54, 1.807) is 24.3 Å². The zero-order valence-electron chi connectivity index (χ0n) is 17.0. The zero-order valence-corrected chi connectivity index (χ0v) is 17.0. The molecule has 0 fully saturated rings. The molecule has 0 unspecified atom stereocenters. The van der Waals surface area contributed by atoms with Gasteiger partial charge in [-0.15, -0.1) is 0 Å². The number of aromatic hydroxyl groups is 1. The molecule has 0 radical (unpaired) electrons. The van der Waals surface area contributed by atoms with E-state index in [0.717, 1.165) is 11.3 Å². The summed E-state index contributed by atoms with van der Waals surface area (Å²) in [5, 5.41) is 9.60. The minimum absolute atomic E-state index is 0.0181. The number of hydrogen-bond acceptors (Lipinski definition) is 5. The molecule has 3 rings (SSSR count). The fourth-order valence-electron chi connectivity index (χ4n) is 2.77. The number of carbonyl (C=O) groups excluding carboxylic acids is 2. The van der Waals surface area contributed by atoms with Gasteiger partial charge in [-0.3, -0.25) is 9.59 Å². The van der Waals surface area contributed by atoms with Crippen LogP contribution < -0.4 is 9.47 Å². The van der Waals surface area contributed by atoms with Gasteiger partial charge in [-0.2, -0.15) is 0 Å². The number of allylic oxidation sites excluding steroid dienone is 2. The van der Waals surface area contributed by atoms with E-state index in [0.29, 0.717) is 17.1 Å². The third-order valence-electron chi connectivity index (χ3n) is 4.31. The van der Waals surface area contributed by atoms with Crippen LogP contribution >= 0.6 is 0 Å². The van der Waals surface area contributed by atoms with Crippen molar-refractivity contribution in [1.82, 2.24) is 0 Å². The smallest absolute Gasteiger partial charge is 0.163 e. The monoisotopic (exact) mass is 414 g/mol. The second-order valence-electron chi connectivity index (χ2n) is 6.69. The van der Waals surface area contributed by atoms with Crippen LogP contribution in [0.25, 0.3) is 12.2 Å². The van der Waals surface area contributed by atoms with E-state index in [2.05, 4.69) is 0 Å². The van der Waals surface area contributed by atoms with Crippen molar-refractivity contribution in [2.45, 2.75) is 6.42 Å². The van der Waals surface area contributed by atoms with Gasteiger partial charge in [-0.05, 0) is 59.7 Å². The van der Waals surface area contributed by atoms with Gasteiger partial charge in [0.05, 0.1) is 13.5 Å². The minimum atomic E-state index is -0.317. The Hall–Kier alpha value is -4.12. The molecule has 0 aliphatic carbocycles. The van der Waals surface area contributed by atoms with Crippen LogP contribution in [0.2, 0.25) is 0 Å². The number of benzene rings is 3. The number of phenolic OH excluding ortho intramolecular Hbond substituents is 1. The van der Waals surface area contributed by atoms with E-state index in [9.17, 15) is 14.7 Å². The number of methoxy groups -OCH3 is 1. The van der Waals surface area contributed by atoms with Crippen LogP contribution in [0.4, 0.5) is 0 Å². The van der Waals surface area contributed by atoms with Crippen LogP contribution in [0.5, 0.6) is 23.0 Å². The molecule has 3 aromatic carbocycles. The Balaban J connectivity index is 1.56. The molecule has 5 heteroatoms. The first-order chi connectivity index (χ1) is 15.0. The second kappa shape index (κ2) is 10.6. The van der Waals surface area contributed by atoms with Crippen LogP contribution in [-0.2, 0) is 9.59 Å². The molecule has 0 aliphatic rings. The van der Waals surface area contributed by atoms with Gasteiger partial charge in [0.2, 0.25) is 0 Å². The molecule has 3 aromatic rings. The summed E-state index contributed by atoms with van der Waals surface area (Å²) in [4.78, 5) is 24.2. The number of carbonyl (C=O) groups is 2. The maximum absolute atomic E-state index is 12.1. The Bertz CT molecular complexity index is 1110. The summed E-state index contributed by atoms with van der Waals surface area (Å²) in [7, 11) is 1.45. The van der Waals surface area contributed by atoms with Crippen LogP contribution in [0.3, 0.4) is 0 Å². The highest BCUT2D eigenvalue weighted by Crippen LogP contribution is 2.26. The zero-order chi connectivity index (χ0) is 22.1. The molecular formula is C26H22O5. The Morgan fingerprint density at radius 2 is 1.45 bits per heavy atom. The molecule has 0 bridgehead atoms. The average Bonchev–Trinajstić information content (AvgIpc) is 2.78. The van der Waals surface area contributed by atoms with E-state index >= 15 is 0 Å². The topological polar surface area (TPSA) is 72.8 Å². The second-order valence-corrected chi connectivity index (χ2v) is 6.69. The largest absolute Gasteiger partial charge is 0.504 e. The minimum Gasteiger partial charge on any atom is -0.504 e. The van der Waals surface area contributed by atoms with E-state index in [1.807, 2.05) is 54.6 Å².